The van der Waals surface area contributed by atoms with Gasteiger partial charge >= 0.3 is 0 Å². The van der Waals surface area contributed by atoms with Crippen LogP contribution in [0.4, 0.5) is 11.4 Å². The van der Waals surface area contributed by atoms with E-state index in [0.717, 1.165) is 18.4 Å². The van der Waals surface area contributed by atoms with Crippen LogP contribution < -0.4 is 21.7 Å². The zero-order chi connectivity index (χ0) is 47.1. The lowest BCUT2D eigenvalue weighted by molar-refractivity contribution is -0.151. The zero-order valence-electron chi connectivity index (χ0n) is 39.8. The Labute approximate surface area is 382 Å². The van der Waals surface area contributed by atoms with E-state index in [-0.39, 0.29) is 65.5 Å². The van der Waals surface area contributed by atoms with Crippen LogP contribution in [0.25, 0.3) is 0 Å². The van der Waals surface area contributed by atoms with Gasteiger partial charge in [-0.25, -0.2) is 0 Å². The molecule has 14 nitrogen and oxygen atoms in total. The summed E-state index contributed by atoms with van der Waals surface area (Å²) in [6.45, 7) is 16.0. The van der Waals surface area contributed by atoms with Gasteiger partial charge in [-0.1, -0.05) is 85.2 Å². The van der Waals surface area contributed by atoms with Crippen molar-refractivity contribution in [3.8, 4) is 0 Å². The monoisotopic (exact) mass is 896 g/mol. The van der Waals surface area contributed by atoms with Gasteiger partial charge in [-0.2, -0.15) is 12.6 Å². The summed E-state index contributed by atoms with van der Waals surface area (Å²) in [5.74, 6) is -2.47. The van der Waals surface area contributed by atoms with Gasteiger partial charge in [-0.3, -0.25) is 28.9 Å². The number of hydrogen-bond acceptors (Lipinski definition) is 10. The number of nitrogen functional groups attached to an aromatic ring is 1. The highest BCUT2D eigenvalue weighted by Gasteiger charge is 2.43. The second kappa shape index (κ2) is 25.3. The third-order valence-electron chi connectivity index (χ3n) is 12.8. The molecule has 63 heavy (non-hydrogen) atoms. The van der Waals surface area contributed by atoms with Crippen molar-refractivity contribution in [2.75, 3.05) is 45.9 Å². The first-order chi connectivity index (χ1) is 29.8. The number of carbonyl (C=O) groups is 5. The van der Waals surface area contributed by atoms with E-state index in [0.29, 0.717) is 30.8 Å². The molecular weight excluding hydrogens is 819 g/mol. The number of rotatable bonds is 23. The van der Waals surface area contributed by atoms with Gasteiger partial charge in [0.2, 0.25) is 29.5 Å². The number of benzene rings is 2. The fourth-order valence-corrected chi connectivity index (χ4v) is 8.93. The SMILES string of the molecule is CC[C@H](C)[C@@H]([C@@H](CC(=O)N1CCCC[C@H]1[C@H](OC)[C@@H](C)C(=O)N[C@@H](Cc1ccccc1)C(=O)Nc1ccc(N)cc1)OC)N(C)C(=O)[C@@H](NC(=O)[C@H](C(C)C)N(C)C(C)S)C(C)C. The van der Waals surface area contributed by atoms with Gasteiger partial charge < -0.3 is 41.0 Å². The highest BCUT2D eigenvalue weighted by atomic mass is 32.1. The summed E-state index contributed by atoms with van der Waals surface area (Å²) in [6.07, 6.45) is 1.84. The fraction of sp³-hybridized carbons (Fsp3) is 0.646. The minimum Gasteiger partial charge on any atom is -0.399 e. The van der Waals surface area contributed by atoms with Crippen molar-refractivity contribution in [2.24, 2.45) is 23.7 Å². The number of nitrogens with zero attached hydrogens (tertiary/aromatic N) is 3. The molecule has 0 saturated carbocycles. The van der Waals surface area contributed by atoms with Crippen molar-refractivity contribution >= 4 is 53.5 Å². The van der Waals surface area contributed by atoms with Crippen LogP contribution in [0.3, 0.4) is 0 Å². The van der Waals surface area contributed by atoms with Gasteiger partial charge in [0.05, 0.1) is 48.0 Å². The van der Waals surface area contributed by atoms with E-state index in [1.165, 1.54) is 0 Å². The molecule has 1 saturated heterocycles. The number of thiol groups is 1. The lowest BCUT2D eigenvalue weighted by atomic mass is 9.87. The van der Waals surface area contributed by atoms with Crippen molar-refractivity contribution < 1.29 is 33.4 Å². The van der Waals surface area contributed by atoms with Crippen LogP contribution in [-0.2, 0) is 39.9 Å². The standard InChI is InChI=1S/C48H77N7O7S/c1-13-31(6)43(54(10)48(60)41(29(2)3)52-47(59)42(30(4)5)53(9)33(8)63)39(61-11)28-40(56)55-26-18-17-21-38(55)44(62-12)32(7)45(57)51-37(27-34-19-15-14-16-20-34)46(58)50-36-24-22-35(49)23-25-36/h14-16,19-20,22-25,29-33,37-39,41-44,63H,13,17-18,21,26-28,49H2,1-12H3,(H,50,58)(H,51,57)(H,52,59)/t31-,32+,33?,37-,38-,39+,41-,42-,43-,44+/m0/s1. The predicted molar refractivity (Wildman–Crippen MR) is 254 cm³/mol. The average Bonchev–Trinajstić information content (AvgIpc) is 3.25. The van der Waals surface area contributed by atoms with E-state index in [9.17, 15) is 24.0 Å². The molecule has 2 aromatic rings. The normalized spacial score (nSPS) is 18.7. The Bertz CT molecular complexity index is 1760. The number of likely N-dealkylation sites (N-methyl/N-ethyl adjacent to an activating group) is 2. The number of nitrogens with one attached hydrogen (secondary N) is 3. The minimum atomic E-state index is -0.903. The number of anilines is 2. The highest BCUT2D eigenvalue weighted by Crippen LogP contribution is 2.30. The molecule has 1 heterocycles. The number of likely N-dealkylation sites (tertiary alicyclic amines) is 1. The number of amides is 5. The second-order valence-corrected chi connectivity index (χ2v) is 18.8. The van der Waals surface area contributed by atoms with Gasteiger partial charge in [0, 0.05) is 45.6 Å². The molecule has 0 bridgehead atoms. The number of nitrogens with two attached hydrogens (primary N) is 1. The maximum Gasteiger partial charge on any atom is 0.247 e. The summed E-state index contributed by atoms with van der Waals surface area (Å²) in [7, 11) is 6.68. The first-order valence-electron chi connectivity index (χ1n) is 22.6. The molecule has 10 atom stereocenters. The van der Waals surface area contributed by atoms with E-state index >= 15 is 0 Å². The van der Waals surface area contributed by atoms with Crippen LogP contribution in [-0.4, -0.2) is 127 Å². The average molecular weight is 896 g/mol. The molecule has 352 valence electrons. The van der Waals surface area contributed by atoms with E-state index in [4.69, 9.17) is 15.2 Å². The lowest BCUT2D eigenvalue weighted by Gasteiger charge is -2.43. The molecule has 0 aromatic heterocycles. The summed E-state index contributed by atoms with van der Waals surface area (Å²) in [5.41, 5.74) is 7.84. The Hall–Kier alpha value is -4.18. The third kappa shape index (κ3) is 14.7. The van der Waals surface area contributed by atoms with Gasteiger partial charge in [0.15, 0.2) is 0 Å². The Morgan fingerprint density at radius 2 is 1.48 bits per heavy atom. The van der Waals surface area contributed by atoms with Crippen LogP contribution in [0.5, 0.6) is 0 Å². The lowest BCUT2D eigenvalue weighted by Crippen LogP contribution is -2.60. The predicted octanol–water partition coefficient (Wildman–Crippen LogP) is 5.62. The summed E-state index contributed by atoms with van der Waals surface area (Å²) >= 11 is 4.56. The van der Waals surface area contributed by atoms with Crippen LogP contribution >= 0.6 is 12.6 Å². The topological polar surface area (TPSA) is 176 Å². The molecule has 0 radical (unpaired) electrons. The number of hydrogen-bond donors (Lipinski definition) is 5. The van der Waals surface area contributed by atoms with Crippen molar-refractivity contribution in [1.29, 1.82) is 0 Å². The van der Waals surface area contributed by atoms with E-state index in [1.807, 2.05) is 90.7 Å². The smallest absolute Gasteiger partial charge is 0.247 e. The minimum absolute atomic E-state index is 0.0140. The molecule has 0 spiro atoms. The van der Waals surface area contributed by atoms with E-state index in [2.05, 4.69) is 28.6 Å². The Morgan fingerprint density at radius 1 is 0.841 bits per heavy atom. The molecule has 15 heteroatoms. The molecule has 2 aromatic carbocycles. The molecule has 3 rings (SSSR count). The van der Waals surface area contributed by atoms with Gasteiger partial charge in [0.25, 0.3) is 0 Å². The van der Waals surface area contributed by atoms with Crippen molar-refractivity contribution in [1.82, 2.24) is 25.3 Å². The first kappa shape index (κ1) is 53.2. The number of ether oxygens (including phenoxy) is 2. The third-order valence-corrected chi connectivity index (χ3v) is 13.1. The maximum absolute atomic E-state index is 14.6. The van der Waals surface area contributed by atoms with Crippen molar-refractivity contribution in [3.05, 3.63) is 60.2 Å². The largest absolute Gasteiger partial charge is 0.399 e. The first-order valence-corrected chi connectivity index (χ1v) is 23.1. The molecular formula is C48H77N7O7S. The maximum atomic E-state index is 14.6. The number of piperidine rings is 1. The molecule has 1 unspecified atom stereocenters. The summed E-state index contributed by atoms with van der Waals surface area (Å²) in [6, 6.07) is 13.1. The molecule has 1 aliphatic heterocycles. The van der Waals surface area contributed by atoms with E-state index in [1.54, 1.807) is 62.3 Å². The van der Waals surface area contributed by atoms with Crippen LogP contribution in [0, 0.1) is 23.7 Å². The van der Waals surface area contributed by atoms with Crippen LogP contribution in [0.1, 0.15) is 93.1 Å². The quantitative estimate of drug-likeness (QED) is 0.0539. The Morgan fingerprint density at radius 3 is 2.02 bits per heavy atom. The molecule has 1 fully saturated rings. The van der Waals surface area contributed by atoms with Gasteiger partial charge in [0.1, 0.15) is 12.1 Å². The molecule has 0 aliphatic carbocycles. The van der Waals surface area contributed by atoms with Crippen molar-refractivity contribution in [3.63, 3.8) is 0 Å². The summed E-state index contributed by atoms with van der Waals surface area (Å²) < 4.78 is 12.2. The molecule has 5 N–H and O–H groups in total. The number of methoxy groups -OCH3 is 2. The number of carbonyl (C=O) groups excluding carboxylic acids is 5. The Kier molecular flexibility index (Phi) is 21.4. The summed E-state index contributed by atoms with van der Waals surface area (Å²) in [5, 5.41) is 8.79. The zero-order valence-corrected chi connectivity index (χ0v) is 40.7. The molecule has 1 aliphatic rings. The highest BCUT2D eigenvalue weighted by molar-refractivity contribution is 7.80. The molecule has 5 amide bonds. The summed E-state index contributed by atoms with van der Waals surface area (Å²) in [4.78, 5) is 76.0. The van der Waals surface area contributed by atoms with E-state index < -0.39 is 48.3 Å². The van der Waals surface area contributed by atoms with Gasteiger partial charge in [-0.05, 0) is 80.8 Å². The second-order valence-electron chi connectivity index (χ2n) is 18.0. The van der Waals surface area contributed by atoms with Crippen LogP contribution in [0.2, 0.25) is 0 Å². The Balaban J connectivity index is 1.85. The van der Waals surface area contributed by atoms with Gasteiger partial charge in [-0.15, -0.1) is 0 Å². The van der Waals surface area contributed by atoms with Crippen molar-refractivity contribution in [2.45, 2.75) is 142 Å². The fourth-order valence-electron chi connectivity index (χ4n) is 8.79. The van der Waals surface area contributed by atoms with Crippen LogP contribution in [0.15, 0.2) is 54.6 Å².